The van der Waals surface area contributed by atoms with Crippen LogP contribution in [0.1, 0.15) is 58.1 Å². The first-order chi connectivity index (χ1) is 11.2. The van der Waals surface area contributed by atoms with Gasteiger partial charge in [-0.25, -0.2) is 0 Å². The first-order valence-electron chi connectivity index (χ1n) is 8.93. The van der Waals surface area contributed by atoms with Crippen molar-refractivity contribution in [2.24, 2.45) is 5.92 Å². The lowest BCUT2D eigenvalue weighted by Crippen LogP contribution is -2.38. The molecule has 3 fully saturated rings. The summed E-state index contributed by atoms with van der Waals surface area (Å²) in [5.41, 5.74) is 1.39. The highest BCUT2D eigenvalue weighted by atomic mass is 32.1. The van der Waals surface area contributed by atoms with Crippen LogP contribution in [-0.4, -0.2) is 37.7 Å². The summed E-state index contributed by atoms with van der Waals surface area (Å²) in [5, 5.41) is 6.86. The Kier molecular flexibility index (Phi) is 4.43. The Morgan fingerprint density at radius 3 is 2.83 bits per heavy atom. The zero-order valence-electron chi connectivity index (χ0n) is 13.8. The molecule has 1 aromatic rings. The average molecular weight is 334 g/mol. The number of nitrogens with one attached hydrogen (secondary N) is 2. The van der Waals surface area contributed by atoms with E-state index in [1.165, 1.54) is 36.2 Å². The molecule has 2 aliphatic carbocycles. The second kappa shape index (κ2) is 6.54. The predicted molar refractivity (Wildman–Crippen MR) is 92.2 cm³/mol. The van der Waals surface area contributed by atoms with E-state index >= 15 is 0 Å². The fourth-order valence-corrected chi connectivity index (χ4v) is 4.47. The van der Waals surface area contributed by atoms with E-state index in [1.807, 2.05) is 0 Å². The van der Waals surface area contributed by atoms with Gasteiger partial charge in [-0.2, -0.15) is 0 Å². The number of hydrogen-bond acceptors (Lipinski definition) is 4. The Hall–Kier alpha value is -0.910. The molecule has 1 aromatic heterocycles. The summed E-state index contributed by atoms with van der Waals surface area (Å²) in [7, 11) is 0. The number of carbonyl (C=O) groups is 1. The Morgan fingerprint density at radius 2 is 2.09 bits per heavy atom. The molecule has 2 saturated carbocycles. The van der Waals surface area contributed by atoms with E-state index in [0.29, 0.717) is 12.0 Å². The van der Waals surface area contributed by atoms with Crippen LogP contribution < -0.4 is 10.6 Å². The van der Waals surface area contributed by atoms with Crippen LogP contribution in [0.2, 0.25) is 0 Å². The molecule has 126 valence electrons. The van der Waals surface area contributed by atoms with Gasteiger partial charge in [0.1, 0.15) is 0 Å². The number of aryl methyl sites for hydroxylation is 1. The zero-order valence-corrected chi connectivity index (χ0v) is 14.6. The third-order valence-electron chi connectivity index (χ3n) is 5.29. The molecule has 0 radical (unpaired) electrons. The van der Waals surface area contributed by atoms with Crippen molar-refractivity contribution in [3.63, 3.8) is 0 Å². The van der Waals surface area contributed by atoms with E-state index in [0.717, 1.165) is 36.9 Å². The van der Waals surface area contributed by atoms with Gasteiger partial charge in [-0.3, -0.25) is 4.79 Å². The molecule has 1 aliphatic heterocycles. The lowest BCUT2D eigenvalue weighted by molar-refractivity contribution is 0.0698. The Balaban J connectivity index is 1.34. The number of hydrogen-bond donors (Lipinski definition) is 2. The molecule has 2 heterocycles. The minimum absolute atomic E-state index is 0.0967. The second-order valence-electron chi connectivity index (χ2n) is 7.28. The summed E-state index contributed by atoms with van der Waals surface area (Å²) in [6.45, 7) is 4.86. The van der Waals surface area contributed by atoms with Crippen molar-refractivity contribution in [1.82, 2.24) is 10.6 Å². The highest BCUT2D eigenvalue weighted by Crippen LogP contribution is 2.45. The summed E-state index contributed by atoms with van der Waals surface area (Å²) in [6.07, 6.45) is 5.89. The van der Waals surface area contributed by atoms with Crippen LogP contribution in [0.5, 0.6) is 0 Å². The molecule has 3 aliphatic rings. The van der Waals surface area contributed by atoms with Gasteiger partial charge in [0, 0.05) is 36.1 Å². The number of thiophene rings is 1. The zero-order chi connectivity index (χ0) is 15.8. The molecule has 4 nitrogen and oxygen atoms in total. The lowest BCUT2D eigenvalue weighted by atomic mass is 10.1. The number of carbonyl (C=O) groups excluding carboxylic acids is 1. The lowest BCUT2D eigenvalue weighted by Gasteiger charge is -2.22. The van der Waals surface area contributed by atoms with Crippen molar-refractivity contribution < 1.29 is 9.53 Å². The summed E-state index contributed by atoms with van der Waals surface area (Å²) in [4.78, 5) is 14.6. The van der Waals surface area contributed by atoms with Crippen molar-refractivity contribution in [1.29, 1.82) is 0 Å². The maximum Gasteiger partial charge on any atom is 0.261 e. The van der Waals surface area contributed by atoms with Crippen molar-refractivity contribution in [2.45, 2.75) is 57.0 Å². The third kappa shape index (κ3) is 3.78. The van der Waals surface area contributed by atoms with Gasteiger partial charge < -0.3 is 15.4 Å². The highest BCUT2D eigenvalue weighted by Gasteiger charge is 2.40. The molecule has 0 aromatic carbocycles. The minimum atomic E-state index is 0.0967. The van der Waals surface area contributed by atoms with Gasteiger partial charge in [0.15, 0.2) is 0 Å². The fourth-order valence-electron chi connectivity index (χ4n) is 3.48. The molecule has 2 unspecified atom stereocenters. The molecule has 23 heavy (non-hydrogen) atoms. The number of amides is 1. The summed E-state index contributed by atoms with van der Waals surface area (Å²) < 4.78 is 5.35. The van der Waals surface area contributed by atoms with Crippen LogP contribution in [-0.2, 0) is 4.74 Å². The summed E-state index contributed by atoms with van der Waals surface area (Å²) in [5.74, 6) is 1.65. The van der Waals surface area contributed by atoms with Gasteiger partial charge in [0.25, 0.3) is 5.91 Å². The molecule has 1 saturated heterocycles. The van der Waals surface area contributed by atoms with Crippen molar-refractivity contribution in [3.8, 4) is 0 Å². The molecular weight excluding hydrogens is 308 g/mol. The fraction of sp³-hybridized carbons (Fsp3) is 0.722. The maximum atomic E-state index is 12.5. The van der Waals surface area contributed by atoms with Crippen LogP contribution in [0.15, 0.2) is 6.07 Å². The quantitative estimate of drug-likeness (QED) is 0.841. The molecule has 0 spiro atoms. The predicted octanol–water partition coefficient (Wildman–Crippen LogP) is 2.82. The summed E-state index contributed by atoms with van der Waals surface area (Å²) >= 11 is 1.65. The first kappa shape index (κ1) is 15.6. The van der Waals surface area contributed by atoms with Crippen LogP contribution in [0.4, 0.5) is 0 Å². The molecule has 2 N–H and O–H groups in total. The highest BCUT2D eigenvalue weighted by molar-refractivity contribution is 7.14. The normalized spacial score (nSPS) is 27.9. The van der Waals surface area contributed by atoms with Crippen molar-refractivity contribution >= 4 is 17.2 Å². The van der Waals surface area contributed by atoms with Gasteiger partial charge >= 0.3 is 0 Å². The van der Waals surface area contributed by atoms with E-state index in [-0.39, 0.29) is 11.9 Å². The van der Waals surface area contributed by atoms with Crippen molar-refractivity contribution in [3.05, 3.63) is 21.4 Å². The average Bonchev–Trinajstić information content (AvgIpc) is 3.46. The molecule has 5 heteroatoms. The number of ether oxygens (including phenoxy) is 1. The molecular formula is C18H26N2O2S. The van der Waals surface area contributed by atoms with E-state index in [4.69, 9.17) is 4.74 Å². The SMILES string of the molecule is Cc1sc(C(=O)NC2CCOCC2)cc1C1CC1NCC1CC1. The maximum absolute atomic E-state index is 12.5. The first-order valence-corrected chi connectivity index (χ1v) is 9.74. The number of rotatable bonds is 6. The van der Waals surface area contributed by atoms with E-state index in [1.54, 1.807) is 11.3 Å². The van der Waals surface area contributed by atoms with Crippen LogP contribution >= 0.6 is 11.3 Å². The second-order valence-corrected chi connectivity index (χ2v) is 8.54. The van der Waals surface area contributed by atoms with E-state index in [2.05, 4.69) is 23.6 Å². The molecule has 1 amide bonds. The van der Waals surface area contributed by atoms with E-state index in [9.17, 15) is 4.79 Å². The van der Waals surface area contributed by atoms with Crippen molar-refractivity contribution in [2.75, 3.05) is 19.8 Å². The minimum Gasteiger partial charge on any atom is -0.381 e. The van der Waals surface area contributed by atoms with Gasteiger partial charge in [0.2, 0.25) is 0 Å². The molecule has 4 rings (SSSR count). The van der Waals surface area contributed by atoms with Crippen LogP contribution in [0.3, 0.4) is 0 Å². The van der Waals surface area contributed by atoms with Gasteiger partial charge in [0.05, 0.1) is 4.88 Å². The Bertz CT molecular complexity index is 576. The Morgan fingerprint density at radius 1 is 1.30 bits per heavy atom. The molecule has 2 atom stereocenters. The Labute approximate surface area is 142 Å². The van der Waals surface area contributed by atoms with Crippen LogP contribution in [0.25, 0.3) is 0 Å². The van der Waals surface area contributed by atoms with E-state index < -0.39 is 0 Å². The third-order valence-corrected chi connectivity index (χ3v) is 6.36. The van der Waals surface area contributed by atoms with Gasteiger partial charge in [-0.05, 0) is 63.1 Å². The summed E-state index contributed by atoms with van der Waals surface area (Å²) in [6, 6.07) is 3.05. The van der Waals surface area contributed by atoms with Gasteiger partial charge in [-0.15, -0.1) is 11.3 Å². The largest absolute Gasteiger partial charge is 0.381 e. The standard InChI is InChI=1S/C18H26N2O2S/c1-11-14(15-8-16(15)19-10-12-2-3-12)9-17(23-11)18(21)20-13-4-6-22-7-5-13/h9,12-13,15-16,19H,2-8,10H2,1H3,(H,20,21). The monoisotopic (exact) mass is 334 g/mol. The molecule has 0 bridgehead atoms. The topological polar surface area (TPSA) is 50.4 Å². The smallest absolute Gasteiger partial charge is 0.261 e. The van der Waals surface area contributed by atoms with Gasteiger partial charge in [-0.1, -0.05) is 0 Å². The van der Waals surface area contributed by atoms with Crippen LogP contribution in [0, 0.1) is 12.8 Å².